The van der Waals surface area contributed by atoms with Gasteiger partial charge in [0.2, 0.25) is 0 Å². The predicted octanol–water partition coefficient (Wildman–Crippen LogP) is 3.47. The van der Waals surface area contributed by atoms with Crippen molar-refractivity contribution in [2.24, 2.45) is 5.92 Å². The number of rotatable bonds is 4. The highest BCUT2D eigenvalue weighted by Crippen LogP contribution is 2.36. The molecule has 1 aromatic carbocycles. The Bertz CT molecular complexity index is 533. The van der Waals surface area contributed by atoms with Crippen LogP contribution in [0.4, 0.5) is 0 Å². The van der Waals surface area contributed by atoms with E-state index in [2.05, 4.69) is 52.8 Å². The van der Waals surface area contributed by atoms with Gasteiger partial charge >= 0.3 is 7.12 Å². The molecule has 1 saturated heterocycles. The average molecular weight is 302 g/mol. The van der Waals surface area contributed by atoms with Crippen LogP contribution in [0.15, 0.2) is 18.2 Å². The number of aryl methyl sites for hydroxylation is 1. The van der Waals surface area contributed by atoms with Gasteiger partial charge in [-0.05, 0) is 76.5 Å². The quantitative estimate of drug-likeness (QED) is 0.797. The maximum Gasteiger partial charge on any atom is 0.494 e. The summed E-state index contributed by atoms with van der Waals surface area (Å²) >= 11 is 0. The lowest BCUT2D eigenvalue weighted by Crippen LogP contribution is -2.41. The van der Waals surface area contributed by atoms with Crippen molar-refractivity contribution in [2.75, 3.05) is 6.61 Å². The van der Waals surface area contributed by atoms with E-state index in [0.717, 1.165) is 23.7 Å². The van der Waals surface area contributed by atoms with Crippen molar-refractivity contribution >= 4 is 12.6 Å². The highest BCUT2D eigenvalue weighted by atomic mass is 16.7. The molecule has 1 heterocycles. The average Bonchev–Trinajstić information content (AvgIpc) is 2.56. The van der Waals surface area contributed by atoms with Crippen LogP contribution in [0.1, 0.15) is 52.5 Å². The zero-order valence-corrected chi connectivity index (χ0v) is 14.4. The molecule has 0 atom stereocenters. The maximum absolute atomic E-state index is 6.14. The van der Waals surface area contributed by atoms with Crippen molar-refractivity contribution in [1.29, 1.82) is 0 Å². The van der Waals surface area contributed by atoms with Crippen molar-refractivity contribution in [3.8, 4) is 5.75 Å². The molecule has 1 aliphatic heterocycles. The topological polar surface area (TPSA) is 27.7 Å². The van der Waals surface area contributed by atoms with E-state index in [1.54, 1.807) is 0 Å². The van der Waals surface area contributed by atoms with Gasteiger partial charge in [0, 0.05) is 0 Å². The van der Waals surface area contributed by atoms with Crippen LogP contribution in [0, 0.1) is 12.8 Å². The molecule has 2 fully saturated rings. The van der Waals surface area contributed by atoms with Crippen molar-refractivity contribution in [1.82, 2.24) is 0 Å². The zero-order chi connectivity index (χ0) is 16.0. The smallest absolute Gasteiger partial charge is 0.493 e. The van der Waals surface area contributed by atoms with Crippen LogP contribution in [0.5, 0.6) is 5.75 Å². The Kier molecular flexibility index (Phi) is 4.02. The number of benzene rings is 1. The minimum Gasteiger partial charge on any atom is -0.493 e. The Morgan fingerprint density at radius 3 is 2.27 bits per heavy atom. The van der Waals surface area contributed by atoms with Crippen molar-refractivity contribution < 1.29 is 14.0 Å². The molecule has 0 aromatic heterocycles. The Morgan fingerprint density at radius 2 is 1.73 bits per heavy atom. The van der Waals surface area contributed by atoms with Crippen LogP contribution in [0.2, 0.25) is 0 Å². The Hall–Kier alpha value is -0.995. The molecule has 1 aliphatic carbocycles. The van der Waals surface area contributed by atoms with Crippen LogP contribution < -0.4 is 10.2 Å². The van der Waals surface area contributed by atoms with Gasteiger partial charge in [-0.3, -0.25) is 0 Å². The molecule has 3 nitrogen and oxygen atoms in total. The molecule has 0 unspecified atom stereocenters. The third-order valence-corrected chi connectivity index (χ3v) is 5.31. The minimum absolute atomic E-state index is 0.311. The van der Waals surface area contributed by atoms with Crippen LogP contribution in [0.3, 0.4) is 0 Å². The third-order valence-electron chi connectivity index (χ3n) is 5.31. The maximum atomic E-state index is 6.14. The molecule has 22 heavy (non-hydrogen) atoms. The van der Waals surface area contributed by atoms with E-state index in [1.807, 2.05) is 0 Å². The SMILES string of the molecule is Cc1cc(OCC2CCC2)cc(B2OC(C)(C)C(C)(C)O2)c1. The van der Waals surface area contributed by atoms with Gasteiger partial charge < -0.3 is 14.0 Å². The molecule has 3 rings (SSSR count). The fourth-order valence-electron chi connectivity index (χ4n) is 2.85. The first-order valence-corrected chi connectivity index (χ1v) is 8.37. The molecular weight excluding hydrogens is 275 g/mol. The second-order valence-electron chi connectivity index (χ2n) is 7.78. The first kappa shape index (κ1) is 15.9. The molecule has 2 aliphatic rings. The van der Waals surface area contributed by atoms with Crippen LogP contribution >= 0.6 is 0 Å². The predicted molar refractivity (Wildman–Crippen MR) is 89.7 cm³/mol. The number of hydrogen-bond donors (Lipinski definition) is 0. The monoisotopic (exact) mass is 302 g/mol. The molecule has 0 amide bonds. The molecule has 4 heteroatoms. The lowest BCUT2D eigenvalue weighted by Gasteiger charge is -2.32. The summed E-state index contributed by atoms with van der Waals surface area (Å²) in [5, 5.41) is 0. The summed E-state index contributed by atoms with van der Waals surface area (Å²) in [6, 6.07) is 6.28. The van der Waals surface area contributed by atoms with Gasteiger partial charge in [0.25, 0.3) is 0 Å². The summed E-state index contributed by atoms with van der Waals surface area (Å²) in [7, 11) is -0.323. The number of ether oxygens (including phenoxy) is 1. The number of hydrogen-bond acceptors (Lipinski definition) is 3. The van der Waals surface area contributed by atoms with Gasteiger partial charge in [0.15, 0.2) is 0 Å². The van der Waals surface area contributed by atoms with Crippen molar-refractivity contribution in [3.05, 3.63) is 23.8 Å². The molecule has 1 saturated carbocycles. The summed E-state index contributed by atoms with van der Waals surface area (Å²) in [6.07, 6.45) is 3.95. The fraction of sp³-hybridized carbons (Fsp3) is 0.667. The second kappa shape index (κ2) is 5.57. The molecule has 0 bridgehead atoms. The molecule has 120 valence electrons. The Balaban J connectivity index is 1.75. The molecule has 0 N–H and O–H groups in total. The summed E-state index contributed by atoms with van der Waals surface area (Å²) in [5.74, 6) is 1.66. The summed E-state index contributed by atoms with van der Waals surface area (Å²) in [6.45, 7) is 11.2. The van der Waals surface area contributed by atoms with E-state index < -0.39 is 0 Å². The summed E-state index contributed by atoms with van der Waals surface area (Å²) in [5.41, 5.74) is 1.60. The lowest BCUT2D eigenvalue weighted by atomic mass is 9.78. The van der Waals surface area contributed by atoms with Crippen molar-refractivity contribution in [3.63, 3.8) is 0 Å². The normalized spacial score (nSPS) is 23.4. The van der Waals surface area contributed by atoms with Crippen molar-refractivity contribution in [2.45, 2.75) is 65.1 Å². The zero-order valence-electron chi connectivity index (χ0n) is 14.4. The van der Waals surface area contributed by atoms with Gasteiger partial charge in [-0.25, -0.2) is 0 Å². The fourth-order valence-corrected chi connectivity index (χ4v) is 2.85. The van der Waals surface area contributed by atoms with E-state index in [0.29, 0.717) is 0 Å². The van der Waals surface area contributed by atoms with Gasteiger partial charge in [0.1, 0.15) is 5.75 Å². The minimum atomic E-state index is -0.323. The largest absolute Gasteiger partial charge is 0.494 e. The third kappa shape index (κ3) is 3.04. The first-order chi connectivity index (χ1) is 10.3. The molecule has 0 spiro atoms. The van der Waals surface area contributed by atoms with E-state index >= 15 is 0 Å². The highest BCUT2D eigenvalue weighted by molar-refractivity contribution is 6.62. The van der Waals surface area contributed by atoms with Gasteiger partial charge in [-0.15, -0.1) is 0 Å². The van der Waals surface area contributed by atoms with Crippen LogP contribution in [-0.2, 0) is 9.31 Å². The van der Waals surface area contributed by atoms with Gasteiger partial charge in [-0.1, -0.05) is 12.5 Å². The molecule has 0 radical (unpaired) electrons. The standard InChI is InChI=1S/C18H27BO3/c1-13-9-15(19-21-17(2,3)18(4,5)22-19)11-16(10-13)20-12-14-7-6-8-14/h9-11,14H,6-8,12H2,1-5H3. The van der Waals surface area contributed by atoms with Crippen LogP contribution in [-0.4, -0.2) is 24.9 Å². The van der Waals surface area contributed by atoms with E-state index in [-0.39, 0.29) is 18.3 Å². The Labute approximate surface area is 134 Å². The summed E-state index contributed by atoms with van der Waals surface area (Å²) in [4.78, 5) is 0. The lowest BCUT2D eigenvalue weighted by molar-refractivity contribution is 0.00578. The van der Waals surface area contributed by atoms with Crippen LogP contribution in [0.25, 0.3) is 0 Å². The van der Waals surface area contributed by atoms with Gasteiger partial charge in [0.05, 0.1) is 17.8 Å². The molecular formula is C18H27BO3. The summed E-state index contributed by atoms with van der Waals surface area (Å²) < 4.78 is 18.3. The van der Waals surface area contributed by atoms with E-state index in [1.165, 1.54) is 24.8 Å². The molecule has 1 aromatic rings. The first-order valence-electron chi connectivity index (χ1n) is 8.37. The van der Waals surface area contributed by atoms with E-state index in [9.17, 15) is 0 Å². The Morgan fingerprint density at radius 1 is 1.09 bits per heavy atom. The second-order valence-corrected chi connectivity index (χ2v) is 7.78. The highest BCUT2D eigenvalue weighted by Gasteiger charge is 2.51. The van der Waals surface area contributed by atoms with E-state index in [4.69, 9.17) is 14.0 Å². The van der Waals surface area contributed by atoms with Gasteiger partial charge in [-0.2, -0.15) is 0 Å².